The monoisotopic (exact) mass is 525 g/mol. The minimum Gasteiger partial charge on any atom is -0.493 e. The van der Waals surface area contributed by atoms with Gasteiger partial charge in [0.1, 0.15) is 0 Å². The molecule has 6 nitrogen and oxygen atoms in total. The molecule has 5 rings (SSSR count). The minimum absolute atomic E-state index is 0.0647. The number of carbonyl (C=O) groups excluding carboxylic acids is 1. The molecular weight excluding hydrogens is 486 g/mol. The van der Waals surface area contributed by atoms with Crippen LogP contribution in [0.4, 0.5) is 10.5 Å². The lowest BCUT2D eigenvalue weighted by Gasteiger charge is -2.47. The average Bonchev–Trinajstić information content (AvgIpc) is 3.30. The van der Waals surface area contributed by atoms with Crippen molar-refractivity contribution in [1.82, 2.24) is 10.2 Å². The number of rotatable bonds is 6. The van der Waals surface area contributed by atoms with E-state index < -0.39 is 0 Å². The van der Waals surface area contributed by atoms with Gasteiger partial charge in [-0.3, -0.25) is 4.90 Å². The highest BCUT2D eigenvalue weighted by molar-refractivity contribution is 6.31. The zero-order chi connectivity index (χ0) is 26.0. The largest absolute Gasteiger partial charge is 0.493 e. The van der Waals surface area contributed by atoms with Crippen molar-refractivity contribution < 1.29 is 14.3 Å². The van der Waals surface area contributed by atoms with Crippen LogP contribution < -0.4 is 20.1 Å². The van der Waals surface area contributed by atoms with Crippen molar-refractivity contribution >= 4 is 23.3 Å². The van der Waals surface area contributed by atoms with Crippen LogP contribution in [-0.4, -0.2) is 49.8 Å². The molecule has 2 aromatic rings. The molecule has 2 amide bonds. The second-order valence-corrected chi connectivity index (χ2v) is 11.5. The van der Waals surface area contributed by atoms with Crippen molar-refractivity contribution in [3.63, 3.8) is 0 Å². The van der Waals surface area contributed by atoms with E-state index in [2.05, 4.69) is 27.7 Å². The first kappa shape index (κ1) is 26.2. The molecule has 7 heteroatoms. The number of hydrogen-bond donors (Lipinski definition) is 2. The molecule has 3 atom stereocenters. The van der Waals surface area contributed by atoms with E-state index in [0.29, 0.717) is 17.1 Å². The Morgan fingerprint density at radius 3 is 2.54 bits per heavy atom. The number of amides is 2. The number of fused-ring (bicyclic) bond motifs is 1. The maximum Gasteiger partial charge on any atom is 0.319 e. The second-order valence-electron chi connectivity index (χ2n) is 11.1. The highest BCUT2D eigenvalue weighted by Crippen LogP contribution is 2.51. The number of methoxy groups -OCH3 is 2. The summed E-state index contributed by atoms with van der Waals surface area (Å²) in [5.74, 6) is 1.56. The fraction of sp³-hybridized carbons (Fsp3) is 0.567. The topological polar surface area (TPSA) is 62.8 Å². The number of nitrogens with zero attached hydrogens (tertiary/aromatic N) is 1. The van der Waals surface area contributed by atoms with Crippen LogP contribution >= 0.6 is 11.6 Å². The first-order chi connectivity index (χ1) is 17.9. The van der Waals surface area contributed by atoms with Gasteiger partial charge in [-0.15, -0.1) is 0 Å². The summed E-state index contributed by atoms with van der Waals surface area (Å²) in [5.41, 5.74) is 3.15. The molecule has 0 unspecified atom stereocenters. The van der Waals surface area contributed by atoms with Gasteiger partial charge in [0.25, 0.3) is 0 Å². The van der Waals surface area contributed by atoms with E-state index in [1.54, 1.807) is 20.3 Å². The molecule has 3 fully saturated rings. The van der Waals surface area contributed by atoms with Crippen molar-refractivity contribution in [1.29, 1.82) is 0 Å². The third-order valence-corrected chi connectivity index (χ3v) is 9.32. The predicted molar refractivity (Wildman–Crippen MR) is 149 cm³/mol. The lowest BCUT2D eigenvalue weighted by Crippen LogP contribution is -2.55. The first-order valence-corrected chi connectivity index (χ1v) is 14.1. The molecule has 1 saturated heterocycles. The SMILES string of the molecule is COc1ccc([C@@]23CC[C@@H](NC(=O)Nc4cc(Cl)ccc4C)C[C@@H]2N(C2CCCCC2)CC3)cc1OC. The molecule has 2 saturated carbocycles. The van der Waals surface area contributed by atoms with Gasteiger partial charge in [0.2, 0.25) is 0 Å². The summed E-state index contributed by atoms with van der Waals surface area (Å²) in [6.07, 6.45) is 10.6. The summed E-state index contributed by atoms with van der Waals surface area (Å²) in [5, 5.41) is 6.94. The molecule has 1 aliphatic heterocycles. The number of ether oxygens (including phenoxy) is 2. The van der Waals surface area contributed by atoms with Crippen LogP contribution in [0, 0.1) is 6.92 Å². The highest BCUT2D eigenvalue weighted by Gasteiger charge is 2.53. The second kappa shape index (κ2) is 11.1. The standard InChI is InChI=1S/C30H40ClN3O3/c1-20-9-11-22(31)18-25(20)33-29(35)32-23-13-14-30(21-10-12-26(36-2)27(17-21)37-3)15-16-34(28(30)19-23)24-7-5-4-6-8-24/h9-12,17-18,23-24,28H,4-8,13-16,19H2,1-3H3,(H2,32,33,35)/t23-,28+,30+/m1/s1. The number of nitrogens with one attached hydrogen (secondary N) is 2. The van der Waals surface area contributed by atoms with E-state index in [9.17, 15) is 4.79 Å². The maximum atomic E-state index is 13.0. The third-order valence-electron chi connectivity index (χ3n) is 9.09. The smallest absolute Gasteiger partial charge is 0.319 e. The Labute approximate surface area is 226 Å². The molecule has 2 aliphatic carbocycles. The van der Waals surface area contributed by atoms with Crippen LogP contribution in [0.1, 0.15) is 68.9 Å². The van der Waals surface area contributed by atoms with E-state index in [1.807, 2.05) is 25.1 Å². The van der Waals surface area contributed by atoms with Crippen LogP contribution in [-0.2, 0) is 5.41 Å². The normalized spacial score (nSPS) is 26.4. The quantitative estimate of drug-likeness (QED) is 0.441. The fourth-order valence-electron chi connectivity index (χ4n) is 7.12. The van der Waals surface area contributed by atoms with E-state index >= 15 is 0 Å². The molecule has 1 heterocycles. The van der Waals surface area contributed by atoms with Gasteiger partial charge in [0, 0.05) is 34.3 Å². The molecular formula is C30H40ClN3O3. The summed E-state index contributed by atoms with van der Waals surface area (Å²) in [7, 11) is 3.40. The van der Waals surface area contributed by atoms with E-state index in [1.165, 1.54) is 37.7 Å². The highest BCUT2D eigenvalue weighted by atomic mass is 35.5. The predicted octanol–water partition coefficient (Wildman–Crippen LogP) is 6.68. The molecule has 2 aromatic carbocycles. The van der Waals surface area contributed by atoms with Crippen LogP contribution in [0.2, 0.25) is 5.02 Å². The number of benzene rings is 2. The number of hydrogen-bond acceptors (Lipinski definition) is 4. The van der Waals surface area contributed by atoms with E-state index in [4.69, 9.17) is 21.1 Å². The Kier molecular flexibility index (Phi) is 7.87. The Bertz CT molecular complexity index is 1120. The zero-order valence-electron chi connectivity index (χ0n) is 22.3. The minimum atomic E-state index is -0.156. The molecule has 0 radical (unpaired) electrons. The molecule has 0 aromatic heterocycles. The van der Waals surface area contributed by atoms with Crippen LogP contribution in [0.3, 0.4) is 0 Å². The maximum absolute atomic E-state index is 13.0. The van der Waals surface area contributed by atoms with Gasteiger partial charge in [-0.2, -0.15) is 0 Å². The average molecular weight is 526 g/mol. The van der Waals surface area contributed by atoms with Gasteiger partial charge in [-0.25, -0.2) is 4.79 Å². The summed E-state index contributed by atoms with van der Waals surface area (Å²) < 4.78 is 11.2. The molecule has 200 valence electrons. The van der Waals surface area contributed by atoms with E-state index in [0.717, 1.165) is 55.0 Å². The van der Waals surface area contributed by atoms with Gasteiger partial charge in [0.15, 0.2) is 11.5 Å². The van der Waals surface area contributed by atoms with Crippen LogP contribution in [0.5, 0.6) is 11.5 Å². The number of halogens is 1. The molecule has 0 bridgehead atoms. The van der Waals surface area contributed by atoms with Gasteiger partial charge in [-0.1, -0.05) is 43.0 Å². The van der Waals surface area contributed by atoms with E-state index in [-0.39, 0.29) is 17.5 Å². The summed E-state index contributed by atoms with van der Waals surface area (Å²) >= 11 is 6.16. The van der Waals surface area contributed by atoms with Gasteiger partial charge in [-0.05, 0) is 87.4 Å². The first-order valence-electron chi connectivity index (χ1n) is 13.8. The number of carbonyl (C=O) groups is 1. The van der Waals surface area contributed by atoms with Crippen LogP contribution in [0.15, 0.2) is 36.4 Å². The zero-order valence-corrected chi connectivity index (χ0v) is 23.1. The molecule has 0 spiro atoms. The lowest BCUT2D eigenvalue weighted by atomic mass is 9.64. The summed E-state index contributed by atoms with van der Waals surface area (Å²) in [4.78, 5) is 15.8. The van der Waals surface area contributed by atoms with Crippen molar-refractivity contribution in [3.05, 3.63) is 52.5 Å². The number of urea groups is 1. The van der Waals surface area contributed by atoms with Gasteiger partial charge >= 0.3 is 6.03 Å². The lowest BCUT2D eigenvalue weighted by molar-refractivity contribution is 0.0825. The van der Waals surface area contributed by atoms with Gasteiger partial charge < -0.3 is 20.1 Å². The summed E-state index contributed by atoms with van der Waals surface area (Å²) in [6.45, 7) is 3.09. The Balaban J connectivity index is 1.38. The number of anilines is 1. The molecule has 2 N–H and O–H groups in total. The fourth-order valence-corrected chi connectivity index (χ4v) is 7.29. The van der Waals surface area contributed by atoms with Crippen molar-refractivity contribution in [2.75, 3.05) is 26.1 Å². The molecule has 3 aliphatic rings. The van der Waals surface area contributed by atoms with Crippen LogP contribution in [0.25, 0.3) is 0 Å². The van der Waals surface area contributed by atoms with Crippen molar-refractivity contribution in [3.8, 4) is 11.5 Å². The molecule has 37 heavy (non-hydrogen) atoms. The van der Waals surface area contributed by atoms with Crippen molar-refractivity contribution in [2.24, 2.45) is 0 Å². The number of likely N-dealkylation sites (tertiary alicyclic amines) is 1. The van der Waals surface area contributed by atoms with Crippen molar-refractivity contribution in [2.45, 2.75) is 88.3 Å². The Hall–Kier alpha value is -2.44. The third kappa shape index (κ3) is 5.28. The Morgan fingerprint density at radius 1 is 1.00 bits per heavy atom. The Morgan fingerprint density at radius 2 is 1.78 bits per heavy atom. The van der Waals surface area contributed by atoms with Gasteiger partial charge in [0.05, 0.1) is 14.2 Å². The summed E-state index contributed by atoms with van der Waals surface area (Å²) in [6, 6.07) is 13.1. The number of aryl methyl sites for hydroxylation is 1.